The lowest BCUT2D eigenvalue weighted by atomic mass is 10.1. The Hall–Kier alpha value is -3.26. The summed E-state index contributed by atoms with van der Waals surface area (Å²) in [7, 11) is 1.34. The minimum atomic E-state index is -0.586. The number of anilines is 1. The Bertz CT molecular complexity index is 941. The van der Waals surface area contributed by atoms with Crippen molar-refractivity contribution in [2.24, 2.45) is 0 Å². The van der Waals surface area contributed by atoms with E-state index in [1.165, 1.54) is 36.6 Å². The molecule has 1 amide bonds. The fourth-order valence-corrected chi connectivity index (χ4v) is 3.23. The lowest BCUT2D eigenvalue weighted by Gasteiger charge is -2.05. The number of nitro benzene ring substituents is 1. The zero-order chi connectivity index (χ0) is 18.5. The van der Waals surface area contributed by atoms with E-state index in [-0.39, 0.29) is 17.0 Å². The Morgan fingerprint density at radius 2 is 2.04 bits per heavy atom. The van der Waals surface area contributed by atoms with E-state index in [1.807, 2.05) is 30.3 Å². The van der Waals surface area contributed by atoms with Gasteiger partial charge in [0.15, 0.2) is 10.9 Å². The molecule has 0 bridgehead atoms. The van der Waals surface area contributed by atoms with Gasteiger partial charge in [0.05, 0.1) is 12.0 Å². The zero-order valence-electron chi connectivity index (χ0n) is 13.8. The van der Waals surface area contributed by atoms with Crippen molar-refractivity contribution in [1.82, 2.24) is 4.98 Å². The maximum Gasteiger partial charge on any atom is 0.311 e. The second-order valence-corrected chi connectivity index (χ2v) is 6.51. The van der Waals surface area contributed by atoms with Crippen LogP contribution in [0, 0.1) is 10.1 Å². The zero-order valence-corrected chi connectivity index (χ0v) is 14.7. The first-order chi connectivity index (χ1) is 12.6. The van der Waals surface area contributed by atoms with Crippen molar-refractivity contribution in [3.8, 4) is 5.75 Å². The fourth-order valence-electron chi connectivity index (χ4n) is 2.39. The summed E-state index contributed by atoms with van der Waals surface area (Å²) < 4.78 is 4.94. The standard InChI is InChI=1S/C18H15N3O4S/c1-25-16-8-7-13(10-15(16)21(23)24)17(22)20-18-19-11-14(26-18)9-12-5-3-2-4-6-12/h2-8,10-11H,9H2,1H3,(H,19,20,22). The second kappa shape index (κ2) is 7.75. The summed E-state index contributed by atoms with van der Waals surface area (Å²) in [4.78, 5) is 28.0. The molecule has 7 nitrogen and oxygen atoms in total. The van der Waals surface area contributed by atoms with Crippen LogP contribution in [0.4, 0.5) is 10.8 Å². The first-order valence-electron chi connectivity index (χ1n) is 7.69. The van der Waals surface area contributed by atoms with Gasteiger partial charge in [-0.25, -0.2) is 4.98 Å². The van der Waals surface area contributed by atoms with Crippen LogP contribution in [0.3, 0.4) is 0 Å². The molecule has 3 aromatic rings. The normalized spacial score (nSPS) is 10.3. The van der Waals surface area contributed by atoms with Gasteiger partial charge in [-0.1, -0.05) is 30.3 Å². The molecule has 1 heterocycles. The highest BCUT2D eigenvalue weighted by Crippen LogP contribution is 2.28. The number of methoxy groups -OCH3 is 1. The molecule has 0 radical (unpaired) electrons. The topological polar surface area (TPSA) is 94.4 Å². The van der Waals surface area contributed by atoms with Crippen LogP contribution < -0.4 is 10.1 Å². The maximum atomic E-state index is 12.3. The molecule has 26 heavy (non-hydrogen) atoms. The molecule has 0 fully saturated rings. The number of aromatic nitrogens is 1. The van der Waals surface area contributed by atoms with Gasteiger partial charge in [-0.15, -0.1) is 11.3 Å². The molecule has 132 valence electrons. The van der Waals surface area contributed by atoms with Crippen molar-refractivity contribution < 1.29 is 14.5 Å². The minimum absolute atomic E-state index is 0.103. The summed E-state index contributed by atoms with van der Waals surface area (Å²) >= 11 is 1.37. The number of rotatable bonds is 6. The highest BCUT2D eigenvalue weighted by Gasteiger charge is 2.18. The molecule has 0 unspecified atom stereocenters. The van der Waals surface area contributed by atoms with Crippen LogP contribution in [0.1, 0.15) is 20.8 Å². The summed E-state index contributed by atoms with van der Waals surface area (Å²) in [5, 5.41) is 14.2. The van der Waals surface area contributed by atoms with Crippen LogP contribution in [0.25, 0.3) is 0 Å². The van der Waals surface area contributed by atoms with Crippen molar-refractivity contribution in [2.45, 2.75) is 6.42 Å². The molecule has 3 rings (SSSR count). The lowest BCUT2D eigenvalue weighted by Crippen LogP contribution is -2.12. The Kier molecular flexibility index (Phi) is 5.23. The van der Waals surface area contributed by atoms with Gasteiger partial charge < -0.3 is 4.74 Å². The molecular weight excluding hydrogens is 354 g/mol. The summed E-state index contributed by atoms with van der Waals surface area (Å²) in [6.07, 6.45) is 2.44. The van der Waals surface area contributed by atoms with Crippen molar-refractivity contribution in [3.05, 3.63) is 80.8 Å². The molecule has 1 aromatic heterocycles. The van der Waals surface area contributed by atoms with E-state index in [2.05, 4.69) is 10.3 Å². The fraction of sp³-hybridized carbons (Fsp3) is 0.111. The summed E-state index contributed by atoms with van der Waals surface area (Å²) in [6, 6.07) is 14.0. The van der Waals surface area contributed by atoms with Crippen LogP contribution in [0.15, 0.2) is 54.7 Å². The number of carbonyl (C=O) groups is 1. The quantitative estimate of drug-likeness (QED) is 0.525. The molecule has 2 aromatic carbocycles. The Morgan fingerprint density at radius 3 is 2.73 bits per heavy atom. The number of ether oxygens (including phenoxy) is 1. The van der Waals surface area contributed by atoms with Crippen LogP contribution in [0.5, 0.6) is 5.75 Å². The number of carbonyl (C=O) groups excluding carboxylic acids is 1. The Morgan fingerprint density at radius 1 is 1.27 bits per heavy atom. The second-order valence-electron chi connectivity index (χ2n) is 5.39. The van der Waals surface area contributed by atoms with Crippen molar-refractivity contribution in [3.63, 3.8) is 0 Å². The van der Waals surface area contributed by atoms with Gasteiger partial charge >= 0.3 is 5.69 Å². The Labute approximate surface area is 153 Å². The van der Waals surface area contributed by atoms with Gasteiger partial charge in [-0.2, -0.15) is 0 Å². The monoisotopic (exact) mass is 369 g/mol. The van der Waals surface area contributed by atoms with Gasteiger partial charge in [0.25, 0.3) is 5.91 Å². The highest BCUT2D eigenvalue weighted by molar-refractivity contribution is 7.15. The lowest BCUT2D eigenvalue weighted by molar-refractivity contribution is -0.385. The van der Waals surface area contributed by atoms with Gasteiger partial charge in [-0.3, -0.25) is 20.2 Å². The van der Waals surface area contributed by atoms with E-state index in [0.29, 0.717) is 5.13 Å². The first kappa shape index (κ1) is 17.6. The van der Waals surface area contributed by atoms with E-state index in [9.17, 15) is 14.9 Å². The molecule has 1 N–H and O–H groups in total. The van der Waals surface area contributed by atoms with E-state index in [4.69, 9.17) is 4.74 Å². The summed E-state index contributed by atoms with van der Waals surface area (Å²) in [6.45, 7) is 0. The SMILES string of the molecule is COc1ccc(C(=O)Nc2ncc(Cc3ccccc3)s2)cc1[N+](=O)[O-]. The largest absolute Gasteiger partial charge is 0.490 e. The van der Waals surface area contributed by atoms with Gasteiger partial charge in [0.1, 0.15) is 0 Å². The van der Waals surface area contributed by atoms with Crippen molar-refractivity contribution >= 4 is 28.1 Å². The average Bonchev–Trinajstić information content (AvgIpc) is 3.08. The van der Waals surface area contributed by atoms with E-state index in [0.717, 1.165) is 16.9 Å². The van der Waals surface area contributed by atoms with Crippen molar-refractivity contribution in [2.75, 3.05) is 12.4 Å². The van der Waals surface area contributed by atoms with Gasteiger partial charge in [-0.05, 0) is 17.7 Å². The third-order valence-corrected chi connectivity index (χ3v) is 4.55. The molecule has 0 aliphatic rings. The first-order valence-corrected chi connectivity index (χ1v) is 8.51. The van der Waals surface area contributed by atoms with Crippen molar-refractivity contribution in [1.29, 1.82) is 0 Å². The van der Waals surface area contributed by atoms with E-state index < -0.39 is 10.8 Å². The number of nitrogens with one attached hydrogen (secondary N) is 1. The third kappa shape index (κ3) is 4.04. The van der Waals surface area contributed by atoms with Gasteiger partial charge in [0, 0.05) is 29.1 Å². The number of hydrogen-bond donors (Lipinski definition) is 1. The molecule has 8 heteroatoms. The molecular formula is C18H15N3O4S. The molecule has 0 aliphatic heterocycles. The predicted octanol–water partition coefficient (Wildman–Crippen LogP) is 3.90. The smallest absolute Gasteiger partial charge is 0.311 e. The molecule has 0 spiro atoms. The Balaban J connectivity index is 1.72. The number of amides is 1. The van der Waals surface area contributed by atoms with Crippen LogP contribution >= 0.6 is 11.3 Å². The van der Waals surface area contributed by atoms with Gasteiger partial charge in [0.2, 0.25) is 0 Å². The van der Waals surface area contributed by atoms with Crippen LogP contribution in [-0.4, -0.2) is 22.9 Å². The third-order valence-electron chi connectivity index (χ3n) is 3.63. The van der Waals surface area contributed by atoms with E-state index in [1.54, 1.807) is 6.20 Å². The van der Waals surface area contributed by atoms with Crippen LogP contribution in [-0.2, 0) is 6.42 Å². The number of hydrogen-bond acceptors (Lipinski definition) is 6. The molecule has 0 saturated carbocycles. The number of nitrogens with zero attached hydrogens (tertiary/aromatic N) is 2. The van der Waals surface area contributed by atoms with E-state index >= 15 is 0 Å². The maximum absolute atomic E-state index is 12.3. The number of benzene rings is 2. The number of thiazole rings is 1. The minimum Gasteiger partial charge on any atom is -0.490 e. The number of nitro groups is 1. The summed E-state index contributed by atoms with van der Waals surface area (Å²) in [5.74, 6) is -0.359. The summed E-state index contributed by atoms with van der Waals surface area (Å²) in [5.41, 5.74) is 1.06. The molecule has 0 saturated heterocycles. The molecule has 0 aliphatic carbocycles. The molecule has 0 atom stereocenters. The highest BCUT2D eigenvalue weighted by atomic mass is 32.1. The average molecular weight is 369 g/mol. The predicted molar refractivity (Wildman–Crippen MR) is 99.0 cm³/mol. The van der Waals surface area contributed by atoms with Crippen LogP contribution in [0.2, 0.25) is 0 Å².